The SMILES string of the molecule is C=C(C)C(=O)OCCCCCCOc1c(OC)cccc1OC. The first-order valence-electron chi connectivity index (χ1n) is 7.76. The van der Waals surface area contributed by atoms with Gasteiger partial charge in [0.15, 0.2) is 11.5 Å². The van der Waals surface area contributed by atoms with E-state index in [0.29, 0.717) is 36.0 Å². The lowest BCUT2D eigenvalue weighted by Gasteiger charge is -2.14. The summed E-state index contributed by atoms with van der Waals surface area (Å²) in [5.74, 6) is 1.64. The lowest BCUT2D eigenvalue weighted by Crippen LogP contribution is -2.06. The first-order chi connectivity index (χ1) is 11.1. The van der Waals surface area contributed by atoms with Crippen LogP contribution in [0.4, 0.5) is 0 Å². The lowest BCUT2D eigenvalue weighted by molar-refractivity contribution is -0.139. The van der Waals surface area contributed by atoms with E-state index in [1.165, 1.54) is 0 Å². The Balaban J connectivity index is 2.21. The number of esters is 1. The number of rotatable bonds is 11. The van der Waals surface area contributed by atoms with Crippen LogP contribution in [0.25, 0.3) is 0 Å². The fourth-order valence-corrected chi connectivity index (χ4v) is 1.98. The summed E-state index contributed by atoms with van der Waals surface area (Å²) in [4.78, 5) is 11.2. The molecule has 0 saturated heterocycles. The second kappa shape index (κ2) is 10.5. The molecule has 0 amide bonds. The van der Waals surface area contributed by atoms with Gasteiger partial charge in [-0.25, -0.2) is 4.79 Å². The second-order valence-electron chi connectivity index (χ2n) is 5.17. The number of ether oxygens (including phenoxy) is 4. The van der Waals surface area contributed by atoms with Gasteiger partial charge in [-0.3, -0.25) is 0 Å². The first-order valence-corrected chi connectivity index (χ1v) is 7.76. The van der Waals surface area contributed by atoms with Crippen LogP contribution in [0.2, 0.25) is 0 Å². The minimum atomic E-state index is -0.323. The van der Waals surface area contributed by atoms with Gasteiger partial charge in [0.1, 0.15) is 0 Å². The molecule has 0 aliphatic rings. The molecule has 0 N–H and O–H groups in total. The third-order valence-corrected chi connectivity index (χ3v) is 3.25. The molecule has 23 heavy (non-hydrogen) atoms. The molecule has 0 spiro atoms. The van der Waals surface area contributed by atoms with E-state index in [2.05, 4.69) is 6.58 Å². The number of hydrogen-bond acceptors (Lipinski definition) is 5. The van der Waals surface area contributed by atoms with Crippen molar-refractivity contribution in [3.63, 3.8) is 0 Å². The van der Waals surface area contributed by atoms with Crippen LogP contribution < -0.4 is 14.2 Å². The van der Waals surface area contributed by atoms with Crippen molar-refractivity contribution in [1.29, 1.82) is 0 Å². The van der Waals surface area contributed by atoms with Gasteiger partial charge < -0.3 is 18.9 Å². The van der Waals surface area contributed by atoms with E-state index in [-0.39, 0.29) is 5.97 Å². The summed E-state index contributed by atoms with van der Waals surface area (Å²) in [5, 5.41) is 0. The smallest absolute Gasteiger partial charge is 0.333 e. The maximum absolute atomic E-state index is 11.2. The van der Waals surface area contributed by atoms with Crippen molar-refractivity contribution in [3.8, 4) is 17.2 Å². The van der Waals surface area contributed by atoms with Crippen LogP contribution in [-0.2, 0) is 9.53 Å². The Labute approximate surface area is 138 Å². The fourth-order valence-electron chi connectivity index (χ4n) is 1.98. The van der Waals surface area contributed by atoms with Crippen LogP contribution in [0.3, 0.4) is 0 Å². The number of methoxy groups -OCH3 is 2. The molecular formula is C18H26O5. The molecule has 5 heteroatoms. The van der Waals surface area contributed by atoms with Gasteiger partial charge in [0.25, 0.3) is 0 Å². The molecule has 0 heterocycles. The van der Waals surface area contributed by atoms with Crippen molar-refractivity contribution in [2.24, 2.45) is 0 Å². The zero-order chi connectivity index (χ0) is 17.1. The molecule has 0 unspecified atom stereocenters. The molecule has 0 saturated carbocycles. The van der Waals surface area contributed by atoms with E-state index in [9.17, 15) is 4.79 Å². The molecule has 5 nitrogen and oxygen atoms in total. The van der Waals surface area contributed by atoms with Gasteiger partial charge in [-0.05, 0) is 44.7 Å². The summed E-state index contributed by atoms with van der Waals surface area (Å²) >= 11 is 0. The molecule has 0 atom stereocenters. The average molecular weight is 322 g/mol. The highest BCUT2D eigenvalue weighted by molar-refractivity contribution is 5.86. The standard InChI is InChI=1S/C18H26O5/c1-14(2)18(19)23-13-8-6-5-7-12-22-17-15(20-3)10-9-11-16(17)21-4/h9-11H,1,5-8,12-13H2,2-4H3. The summed E-state index contributed by atoms with van der Waals surface area (Å²) in [6, 6.07) is 5.54. The van der Waals surface area contributed by atoms with E-state index in [1.807, 2.05) is 18.2 Å². The molecule has 1 rings (SSSR count). The number of benzene rings is 1. The van der Waals surface area contributed by atoms with Crippen molar-refractivity contribution in [2.45, 2.75) is 32.6 Å². The van der Waals surface area contributed by atoms with Gasteiger partial charge in [0.2, 0.25) is 5.75 Å². The second-order valence-corrected chi connectivity index (χ2v) is 5.17. The third-order valence-electron chi connectivity index (χ3n) is 3.25. The van der Waals surface area contributed by atoms with Crippen LogP contribution in [-0.4, -0.2) is 33.4 Å². The van der Waals surface area contributed by atoms with Crippen LogP contribution in [0.15, 0.2) is 30.4 Å². The number of para-hydroxylation sites is 1. The Hall–Kier alpha value is -2.17. The van der Waals surface area contributed by atoms with Crippen LogP contribution in [0.1, 0.15) is 32.6 Å². The highest BCUT2D eigenvalue weighted by atomic mass is 16.5. The van der Waals surface area contributed by atoms with Crippen LogP contribution in [0, 0.1) is 0 Å². The molecule has 0 radical (unpaired) electrons. The van der Waals surface area contributed by atoms with Crippen LogP contribution >= 0.6 is 0 Å². The Morgan fingerprint density at radius 2 is 1.57 bits per heavy atom. The summed E-state index contributed by atoms with van der Waals surface area (Å²) < 4.78 is 21.4. The summed E-state index contributed by atoms with van der Waals surface area (Å²) in [6.07, 6.45) is 3.74. The molecule has 0 aliphatic heterocycles. The Morgan fingerprint density at radius 3 is 2.09 bits per heavy atom. The topological polar surface area (TPSA) is 54.0 Å². The van der Waals surface area contributed by atoms with Crippen LogP contribution in [0.5, 0.6) is 17.2 Å². The first kappa shape index (κ1) is 18.9. The Bertz CT molecular complexity index is 488. The minimum Gasteiger partial charge on any atom is -0.493 e. The molecule has 0 aliphatic carbocycles. The number of carbonyl (C=O) groups is 1. The summed E-state index contributed by atoms with van der Waals surface area (Å²) in [5.41, 5.74) is 0.434. The molecule has 1 aromatic rings. The van der Waals surface area contributed by atoms with E-state index >= 15 is 0 Å². The maximum Gasteiger partial charge on any atom is 0.333 e. The lowest BCUT2D eigenvalue weighted by atomic mass is 10.2. The van der Waals surface area contributed by atoms with Gasteiger partial charge in [0, 0.05) is 5.57 Å². The van der Waals surface area contributed by atoms with Gasteiger partial charge in [-0.1, -0.05) is 12.6 Å². The maximum atomic E-state index is 11.2. The predicted octanol–water partition coefficient (Wildman–Crippen LogP) is 3.76. The highest BCUT2D eigenvalue weighted by Crippen LogP contribution is 2.36. The third kappa shape index (κ3) is 6.63. The van der Waals surface area contributed by atoms with Crippen molar-refractivity contribution >= 4 is 5.97 Å². The molecule has 1 aromatic carbocycles. The zero-order valence-corrected chi connectivity index (χ0v) is 14.2. The number of carbonyl (C=O) groups excluding carboxylic acids is 1. The quantitative estimate of drug-likeness (QED) is 0.353. The zero-order valence-electron chi connectivity index (χ0n) is 14.2. The van der Waals surface area contributed by atoms with E-state index in [4.69, 9.17) is 18.9 Å². The molecular weight excluding hydrogens is 296 g/mol. The van der Waals surface area contributed by atoms with Gasteiger partial charge in [-0.15, -0.1) is 0 Å². The van der Waals surface area contributed by atoms with Crippen molar-refractivity contribution in [3.05, 3.63) is 30.4 Å². The van der Waals surface area contributed by atoms with Crippen molar-refractivity contribution in [2.75, 3.05) is 27.4 Å². The number of unbranched alkanes of at least 4 members (excludes halogenated alkanes) is 3. The van der Waals surface area contributed by atoms with Crippen molar-refractivity contribution < 1.29 is 23.7 Å². The monoisotopic (exact) mass is 322 g/mol. The highest BCUT2D eigenvalue weighted by Gasteiger charge is 2.10. The van der Waals surface area contributed by atoms with Gasteiger partial charge in [0.05, 0.1) is 27.4 Å². The molecule has 0 bridgehead atoms. The van der Waals surface area contributed by atoms with E-state index in [1.54, 1.807) is 21.1 Å². The summed E-state index contributed by atoms with van der Waals surface area (Å²) in [6.45, 7) is 6.21. The fraction of sp³-hybridized carbons (Fsp3) is 0.500. The number of hydrogen-bond donors (Lipinski definition) is 0. The Kier molecular flexibility index (Phi) is 8.65. The van der Waals surface area contributed by atoms with Gasteiger partial charge in [-0.2, -0.15) is 0 Å². The van der Waals surface area contributed by atoms with Crippen molar-refractivity contribution in [1.82, 2.24) is 0 Å². The molecule has 0 aromatic heterocycles. The minimum absolute atomic E-state index is 0.323. The van der Waals surface area contributed by atoms with E-state index in [0.717, 1.165) is 25.7 Å². The summed E-state index contributed by atoms with van der Waals surface area (Å²) in [7, 11) is 3.21. The predicted molar refractivity (Wildman–Crippen MR) is 89.3 cm³/mol. The van der Waals surface area contributed by atoms with Gasteiger partial charge >= 0.3 is 5.97 Å². The Morgan fingerprint density at radius 1 is 1.00 bits per heavy atom. The largest absolute Gasteiger partial charge is 0.493 e. The molecule has 0 fully saturated rings. The average Bonchev–Trinajstić information content (AvgIpc) is 2.56. The normalized spacial score (nSPS) is 10.0. The molecule has 128 valence electrons. The van der Waals surface area contributed by atoms with E-state index < -0.39 is 0 Å².